The van der Waals surface area contributed by atoms with Gasteiger partial charge in [-0.05, 0) is 41.5 Å². The van der Waals surface area contributed by atoms with Crippen molar-refractivity contribution >= 4 is 5.69 Å². The van der Waals surface area contributed by atoms with Crippen LogP contribution in [-0.4, -0.2) is 13.1 Å². The third kappa shape index (κ3) is 3.51. The van der Waals surface area contributed by atoms with Crippen LogP contribution in [-0.2, 0) is 12.7 Å². The first kappa shape index (κ1) is 16.1. The fourth-order valence-electron chi connectivity index (χ4n) is 2.92. The number of hydrogen-bond donors (Lipinski definition) is 1. The number of nitrogens with two attached hydrogens (primary N) is 1. The van der Waals surface area contributed by atoms with E-state index in [4.69, 9.17) is 5.73 Å². The van der Waals surface area contributed by atoms with Gasteiger partial charge in [-0.25, -0.2) is 0 Å². The Bertz CT molecular complexity index is 503. The summed E-state index contributed by atoms with van der Waals surface area (Å²) >= 11 is 0. The number of benzene rings is 1. The molecule has 1 atom stereocenters. The topological polar surface area (TPSA) is 29.3 Å². The van der Waals surface area contributed by atoms with E-state index >= 15 is 0 Å². The Kier molecular flexibility index (Phi) is 4.24. The Balaban J connectivity index is 2.25. The number of anilines is 1. The highest BCUT2D eigenvalue weighted by Gasteiger charge is 2.34. The summed E-state index contributed by atoms with van der Waals surface area (Å²) in [6.07, 6.45) is -3.25. The average Bonchev–Trinajstić information content (AvgIpc) is 2.86. The summed E-state index contributed by atoms with van der Waals surface area (Å²) in [7, 11) is 0. The van der Waals surface area contributed by atoms with Crippen molar-refractivity contribution in [3.63, 3.8) is 0 Å². The van der Waals surface area contributed by atoms with Crippen LogP contribution in [0.15, 0.2) is 18.2 Å². The molecule has 0 aliphatic carbocycles. The van der Waals surface area contributed by atoms with Crippen molar-refractivity contribution in [2.75, 3.05) is 18.0 Å². The van der Waals surface area contributed by atoms with Crippen molar-refractivity contribution in [2.45, 2.75) is 39.9 Å². The summed E-state index contributed by atoms with van der Waals surface area (Å²) < 4.78 is 38.3. The molecule has 0 radical (unpaired) electrons. The summed E-state index contributed by atoms with van der Waals surface area (Å²) in [5, 5.41) is 0. The lowest BCUT2D eigenvalue weighted by Crippen LogP contribution is -2.26. The minimum Gasteiger partial charge on any atom is -0.371 e. The summed E-state index contributed by atoms with van der Waals surface area (Å²) in [6, 6.07) is 3.90. The smallest absolute Gasteiger partial charge is 0.371 e. The molecule has 1 fully saturated rings. The standard InChI is InChI=1S/C16H23F3N2/c1-15(2,3)13-6-7-21(10-13)14-5-4-12(16(17,18)19)8-11(14)9-20/h4-5,8,13H,6-7,9-10,20H2,1-3H3. The second-order valence-corrected chi connectivity index (χ2v) is 6.84. The van der Waals surface area contributed by atoms with Crippen LogP contribution < -0.4 is 10.6 Å². The molecule has 2 nitrogen and oxygen atoms in total. The van der Waals surface area contributed by atoms with Gasteiger partial charge in [0.1, 0.15) is 0 Å². The Hall–Kier alpha value is -1.23. The second-order valence-electron chi connectivity index (χ2n) is 6.84. The molecule has 1 aromatic carbocycles. The number of nitrogens with zero attached hydrogens (tertiary/aromatic N) is 1. The average molecular weight is 300 g/mol. The molecule has 1 heterocycles. The van der Waals surface area contributed by atoms with Gasteiger partial charge in [0.05, 0.1) is 5.56 Å². The van der Waals surface area contributed by atoms with Gasteiger partial charge in [0.25, 0.3) is 0 Å². The van der Waals surface area contributed by atoms with E-state index in [-0.39, 0.29) is 12.0 Å². The van der Waals surface area contributed by atoms with Crippen LogP contribution >= 0.6 is 0 Å². The van der Waals surface area contributed by atoms with Gasteiger partial charge in [-0.1, -0.05) is 20.8 Å². The first-order valence-electron chi connectivity index (χ1n) is 7.28. The molecule has 2 N–H and O–H groups in total. The van der Waals surface area contributed by atoms with E-state index in [1.807, 2.05) is 0 Å². The molecule has 2 rings (SSSR count). The van der Waals surface area contributed by atoms with Gasteiger partial charge >= 0.3 is 6.18 Å². The van der Waals surface area contributed by atoms with Crippen molar-refractivity contribution in [3.05, 3.63) is 29.3 Å². The molecule has 0 saturated carbocycles. The lowest BCUT2D eigenvalue weighted by Gasteiger charge is -2.28. The minimum absolute atomic E-state index is 0.121. The second kappa shape index (κ2) is 5.52. The Morgan fingerprint density at radius 3 is 2.38 bits per heavy atom. The van der Waals surface area contributed by atoms with Crippen LogP contribution in [0, 0.1) is 11.3 Å². The minimum atomic E-state index is -4.32. The molecular weight excluding hydrogens is 277 g/mol. The third-order valence-electron chi connectivity index (χ3n) is 4.38. The van der Waals surface area contributed by atoms with E-state index in [9.17, 15) is 13.2 Å². The van der Waals surface area contributed by atoms with E-state index in [2.05, 4.69) is 25.7 Å². The largest absolute Gasteiger partial charge is 0.416 e. The summed E-state index contributed by atoms with van der Waals surface area (Å²) in [5.41, 5.74) is 6.66. The zero-order chi connectivity index (χ0) is 15.8. The molecule has 21 heavy (non-hydrogen) atoms. The first-order valence-corrected chi connectivity index (χ1v) is 7.28. The van der Waals surface area contributed by atoms with Crippen LogP contribution in [0.25, 0.3) is 0 Å². The Labute approximate surface area is 124 Å². The highest BCUT2D eigenvalue weighted by atomic mass is 19.4. The summed E-state index contributed by atoms with van der Waals surface area (Å²) in [6.45, 7) is 8.49. The molecule has 1 saturated heterocycles. The van der Waals surface area contributed by atoms with Gasteiger partial charge < -0.3 is 10.6 Å². The third-order valence-corrected chi connectivity index (χ3v) is 4.38. The lowest BCUT2D eigenvalue weighted by atomic mass is 9.80. The zero-order valence-electron chi connectivity index (χ0n) is 12.8. The maximum Gasteiger partial charge on any atom is 0.416 e. The molecule has 5 heteroatoms. The fourth-order valence-corrected chi connectivity index (χ4v) is 2.92. The molecule has 0 amide bonds. The van der Waals surface area contributed by atoms with E-state index in [0.717, 1.165) is 31.3 Å². The van der Waals surface area contributed by atoms with Gasteiger partial charge in [-0.2, -0.15) is 13.2 Å². The van der Waals surface area contributed by atoms with Crippen molar-refractivity contribution in [1.29, 1.82) is 0 Å². The highest BCUT2D eigenvalue weighted by molar-refractivity contribution is 5.56. The molecule has 1 aliphatic rings. The SMILES string of the molecule is CC(C)(C)C1CCN(c2ccc(C(F)(F)F)cc2CN)C1. The molecule has 0 aromatic heterocycles. The van der Waals surface area contributed by atoms with Crippen LogP contribution in [0.2, 0.25) is 0 Å². The monoisotopic (exact) mass is 300 g/mol. The van der Waals surface area contributed by atoms with Crippen molar-refractivity contribution in [3.8, 4) is 0 Å². The van der Waals surface area contributed by atoms with Gasteiger partial charge in [0.15, 0.2) is 0 Å². The van der Waals surface area contributed by atoms with Gasteiger partial charge in [-0.3, -0.25) is 0 Å². The highest BCUT2D eigenvalue weighted by Crippen LogP contribution is 2.38. The van der Waals surface area contributed by atoms with Crippen LogP contribution in [0.1, 0.15) is 38.3 Å². The first-order chi connectivity index (χ1) is 9.63. The molecule has 0 bridgehead atoms. The van der Waals surface area contributed by atoms with E-state index in [1.54, 1.807) is 6.07 Å². The number of rotatable bonds is 2. The Morgan fingerprint density at radius 1 is 1.24 bits per heavy atom. The maximum atomic E-state index is 12.8. The van der Waals surface area contributed by atoms with Crippen LogP contribution in [0.5, 0.6) is 0 Å². The quantitative estimate of drug-likeness (QED) is 0.893. The summed E-state index contributed by atoms with van der Waals surface area (Å²) in [5.74, 6) is 0.547. The molecule has 0 spiro atoms. The fraction of sp³-hybridized carbons (Fsp3) is 0.625. The normalized spacial score (nSPS) is 20.1. The van der Waals surface area contributed by atoms with Crippen molar-refractivity contribution in [2.24, 2.45) is 17.1 Å². The zero-order valence-corrected chi connectivity index (χ0v) is 12.8. The van der Waals surface area contributed by atoms with E-state index in [0.29, 0.717) is 11.5 Å². The van der Waals surface area contributed by atoms with Crippen LogP contribution in [0.3, 0.4) is 0 Å². The van der Waals surface area contributed by atoms with Crippen LogP contribution in [0.4, 0.5) is 18.9 Å². The van der Waals surface area contributed by atoms with Gasteiger partial charge in [-0.15, -0.1) is 0 Å². The van der Waals surface area contributed by atoms with E-state index in [1.165, 1.54) is 6.07 Å². The molecule has 1 aromatic rings. The van der Waals surface area contributed by atoms with E-state index < -0.39 is 11.7 Å². The number of halogens is 3. The number of alkyl halides is 3. The summed E-state index contributed by atoms with van der Waals surface area (Å²) in [4.78, 5) is 2.16. The predicted molar refractivity (Wildman–Crippen MR) is 79.1 cm³/mol. The van der Waals surface area contributed by atoms with Crippen molar-refractivity contribution in [1.82, 2.24) is 0 Å². The molecule has 118 valence electrons. The molecular formula is C16H23F3N2. The van der Waals surface area contributed by atoms with Gasteiger partial charge in [0, 0.05) is 25.3 Å². The lowest BCUT2D eigenvalue weighted by molar-refractivity contribution is -0.137. The Morgan fingerprint density at radius 2 is 1.90 bits per heavy atom. The molecule has 1 unspecified atom stereocenters. The predicted octanol–water partition coefficient (Wildman–Crippen LogP) is 4.04. The van der Waals surface area contributed by atoms with Crippen molar-refractivity contribution < 1.29 is 13.2 Å². The maximum absolute atomic E-state index is 12.8. The molecule has 1 aliphatic heterocycles. The van der Waals surface area contributed by atoms with Gasteiger partial charge in [0.2, 0.25) is 0 Å². The number of hydrogen-bond acceptors (Lipinski definition) is 2.